The number of hydrogen-bond acceptors (Lipinski definition) is 5. The van der Waals surface area contributed by atoms with Crippen molar-refractivity contribution in [1.29, 1.82) is 0 Å². The second-order valence-corrected chi connectivity index (χ2v) is 5.31. The quantitative estimate of drug-likeness (QED) is 0.827. The monoisotopic (exact) mass is 295 g/mol. The average molecular weight is 295 g/mol. The summed E-state index contributed by atoms with van der Waals surface area (Å²) < 4.78 is 16.5. The van der Waals surface area contributed by atoms with Crippen molar-refractivity contribution in [2.45, 2.75) is 26.1 Å². The molecule has 0 spiro atoms. The van der Waals surface area contributed by atoms with Crippen molar-refractivity contribution in [3.63, 3.8) is 0 Å². The molecule has 1 aliphatic heterocycles. The molecule has 1 saturated heterocycles. The minimum absolute atomic E-state index is 0.234. The first-order valence-corrected chi connectivity index (χ1v) is 7.55. The summed E-state index contributed by atoms with van der Waals surface area (Å²) in [4.78, 5) is 2.21. The van der Waals surface area contributed by atoms with E-state index in [4.69, 9.17) is 14.2 Å². The lowest BCUT2D eigenvalue weighted by molar-refractivity contribution is -0.0361. The molecule has 1 aromatic rings. The van der Waals surface area contributed by atoms with E-state index in [1.165, 1.54) is 0 Å². The number of aliphatic hydroxyl groups is 1. The van der Waals surface area contributed by atoms with Crippen molar-refractivity contribution in [2.24, 2.45) is 0 Å². The first-order valence-electron chi connectivity index (χ1n) is 7.55. The predicted octanol–water partition coefficient (Wildman–Crippen LogP) is 1.55. The van der Waals surface area contributed by atoms with Gasteiger partial charge in [-0.2, -0.15) is 0 Å². The van der Waals surface area contributed by atoms with Gasteiger partial charge in [0.1, 0.15) is 24.2 Å². The molecule has 0 aromatic heterocycles. The second-order valence-electron chi connectivity index (χ2n) is 5.31. The normalized spacial score (nSPS) is 21.0. The molecule has 2 atom stereocenters. The van der Waals surface area contributed by atoms with Crippen LogP contribution >= 0.6 is 0 Å². The van der Waals surface area contributed by atoms with E-state index in [-0.39, 0.29) is 6.10 Å². The average Bonchev–Trinajstić information content (AvgIpc) is 2.47. The van der Waals surface area contributed by atoms with Gasteiger partial charge in [-0.3, -0.25) is 4.90 Å². The Morgan fingerprint density at radius 2 is 1.95 bits per heavy atom. The molecule has 5 heteroatoms. The highest BCUT2D eigenvalue weighted by Crippen LogP contribution is 2.17. The molecule has 0 unspecified atom stereocenters. The van der Waals surface area contributed by atoms with Crippen LogP contribution in [0, 0.1) is 0 Å². The van der Waals surface area contributed by atoms with Gasteiger partial charge in [0.15, 0.2) is 0 Å². The summed E-state index contributed by atoms with van der Waals surface area (Å²) in [5, 5.41) is 10.1. The van der Waals surface area contributed by atoms with Crippen LogP contribution in [0.2, 0.25) is 0 Å². The zero-order chi connectivity index (χ0) is 15.1. The van der Waals surface area contributed by atoms with Gasteiger partial charge >= 0.3 is 0 Å². The van der Waals surface area contributed by atoms with E-state index in [9.17, 15) is 5.11 Å². The van der Waals surface area contributed by atoms with Crippen LogP contribution in [0.25, 0.3) is 0 Å². The van der Waals surface area contributed by atoms with Gasteiger partial charge in [0.25, 0.3) is 0 Å². The minimum Gasteiger partial charge on any atom is -0.494 e. The molecule has 1 fully saturated rings. The van der Waals surface area contributed by atoms with E-state index in [1.54, 1.807) is 0 Å². The zero-order valence-electron chi connectivity index (χ0n) is 12.8. The van der Waals surface area contributed by atoms with Crippen LogP contribution < -0.4 is 9.47 Å². The molecule has 0 amide bonds. The lowest BCUT2D eigenvalue weighted by Crippen LogP contribution is -2.45. The molecule has 118 valence electrons. The number of morpholine rings is 1. The number of hydrogen-bond donors (Lipinski definition) is 1. The van der Waals surface area contributed by atoms with Crippen LogP contribution in [0.5, 0.6) is 11.5 Å². The first kappa shape index (κ1) is 16.1. The Bertz CT molecular complexity index is 409. The van der Waals surface area contributed by atoms with Crippen LogP contribution in [0.4, 0.5) is 0 Å². The van der Waals surface area contributed by atoms with Gasteiger partial charge in [0.05, 0.1) is 19.3 Å². The topological polar surface area (TPSA) is 51.2 Å². The molecule has 1 N–H and O–H groups in total. The Hall–Kier alpha value is -1.30. The molecule has 0 bridgehead atoms. The Labute approximate surface area is 126 Å². The number of ether oxygens (including phenoxy) is 3. The van der Waals surface area contributed by atoms with Crippen molar-refractivity contribution >= 4 is 0 Å². The Morgan fingerprint density at radius 1 is 1.29 bits per heavy atom. The lowest BCUT2D eigenvalue weighted by atomic mass is 10.2. The number of benzene rings is 1. The van der Waals surface area contributed by atoms with Crippen molar-refractivity contribution in [3.8, 4) is 11.5 Å². The largest absolute Gasteiger partial charge is 0.494 e. The SMILES string of the molecule is CCOc1ccc(OC[C@@H](O)CN2CCO[C@@H](C)C2)cc1. The molecule has 1 heterocycles. The Kier molecular flexibility index (Phi) is 6.29. The van der Waals surface area contributed by atoms with Crippen molar-refractivity contribution in [1.82, 2.24) is 4.90 Å². The molecule has 21 heavy (non-hydrogen) atoms. The van der Waals surface area contributed by atoms with Crippen LogP contribution in [-0.4, -0.2) is 61.7 Å². The Balaban J connectivity index is 1.71. The molecule has 0 radical (unpaired) electrons. The van der Waals surface area contributed by atoms with Crippen LogP contribution in [-0.2, 0) is 4.74 Å². The maximum atomic E-state index is 10.1. The summed E-state index contributed by atoms with van der Waals surface area (Å²) in [5.74, 6) is 1.57. The summed E-state index contributed by atoms with van der Waals surface area (Å²) in [6, 6.07) is 7.45. The molecular formula is C16H25NO4. The van der Waals surface area contributed by atoms with Gasteiger partial charge in [-0.05, 0) is 38.1 Å². The van der Waals surface area contributed by atoms with E-state index >= 15 is 0 Å². The number of nitrogens with zero attached hydrogens (tertiary/aromatic N) is 1. The summed E-state index contributed by atoms with van der Waals surface area (Å²) in [6.45, 7) is 8.02. The molecule has 5 nitrogen and oxygen atoms in total. The minimum atomic E-state index is -0.498. The molecule has 2 rings (SSSR count). The van der Waals surface area contributed by atoms with Crippen molar-refractivity contribution in [3.05, 3.63) is 24.3 Å². The third-order valence-corrected chi connectivity index (χ3v) is 3.37. The van der Waals surface area contributed by atoms with Gasteiger partial charge in [-0.1, -0.05) is 0 Å². The fraction of sp³-hybridized carbons (Fsp3) is 0.625. The first-order chi connectivity index (χ1) is 10.2. The molecular weight excluding hydrogens is 270 g/mol. The zero-order valence-corrected chi connectivity index (χ0v) is 12.8. The second kappa shape index (κ2) is 8.22. The van der Waals surface area contributed by atoms with Gasteiger partial charge in [0, 0.05) is 19.6 Å². The summed E-state index contributed by atoms with van der Waals surface area (Å²) in [7, 11) is 0. The van der Waals surface area contributed by atoms with Crippen LogP contribution in [0.3, 0.4) is 0 Å². The van der Waals surface area contributed by atoms with E-state index in [1.807, 2.05) is 31.2 Å². The standard InChI is InChI=1S/C16H25NO4/c1-3-19-15-4-6-16(7-5-15)21-12-14(18)11-17-8-9-20-13(2)10-17/h4-7,13-14,18H,3,8-12H2,1-2H3/t13-,14-/m0/s1. The van der Waals surface area contributed by atoms with Gasteiger partial charge in [-0.25, -0.2) is 0 Å². The highest BCUT2D eigenvalue weighted by molar-refractivity contribution is 5.31. The number of β-amino-alcohol motifs (C(OH)–C–C–N with tert-alkyl or cyclic N) is 1. The van der Waals surface area contributed by atoms with Gasteiger partial charge in [-0.15, -0.1) is 0 Å². The predicted molar refractivity (Wildman–Crippen MR) is 81.0 cm³/mol. The fourth-order valence-corrected chi connectivity index (χ4v) is 2.40. The maximum absolute atomic E-state index is 10.1. The highest BCUT2D eigenvalue weighted by Gasteiger charge is 2.19. The van der Waals surface area contributed by atoms with E-state index in [0.29, 0.717) is 19.8 Å². The van der Waals surface area contributed by atoms with Crippen LogP contribution in [0.15, 0.2) is 24.3 Å². The van der Waals surface area contributed by atoms with Gasteiger partial charge in [0.2, 0.25) is 0 Å². The fourth-order valence-electron chi connectivity index (χ4n) is 2.40. The Morgan fingerprint density at radius 3 is 2.57 bits per heavy atom. The maximum Gasteiger partial charge on any atom is 0.119 e. The van der Waals surface area contributed by atoms with Gasteiger partial charge < -0.3 is 19.3 Å². The van der Waals surface area contributed by atoms with E-state index in [2.05, 4.69) is 11.8 Å². The molecule has 0 saturated carbocycles. The third-order valence-electron chi connectivity index (χ3n) is 3.37. The smallest absolute Gasteiger partial charge is 0.119 e. The molecule has 0 aliphatic carbocycles. The van der Waals surface area contributed by atoms with E-state index < -0.39 is 6.10 Å². The molecule has 1 aromatic carbocycles. The lowest BCUT2D eigenvalue weighted by Gasteiger charge is -2.32. The number of aliphatic hydroxyl groups excluding tert-OH is 1. The van der Waals surface area contributed by atoms with E-state index in [0.717, 1.165) is 31.2 Å². The molecule has 1 aliphatic rings. The third kappa shape index (κ3) is 5.53. The number of rotatable bonds is 7. The summed E-state index contributed by atoms with van der Waals surface area (Å²) in [6.07, 6.45) is -0.264. The summed E-state index contributed by atoms with van der Waals surface area (Å²) in [5.41, 5.74) is 0. The summed E-state index contributed by atoms with van der Waals surface area (Å²) >= 11 is 0. The highest BCUT2D eigenvalue weighted by atomic mass is 16.5. The van der Waals surface area contributed by atoms with Crippen molar-refractivity contribution in [2.75, 3.05) is 39.5 Å². The van der Waals surface area contributed by atoms with Crippen molar-refractivity contribution < 1.29 is 19.3 Å². The van der Waals surface area contributed by atoms with Crippen LogP contribution in [0.1, 0.15) is 13.8 Å².